The molecule has 2 amide bonds. The zero-order valence-electron chi connectivity index (χ0n) is 20.1. The molecule has 1 saturated heterocycles. The van der Waals surface area contributed by atoms with Gasteiger partial charge in [0.05, 0.1) is 6.61 Å². The molecule has 2 aliphatic rings. The highest BCUT2D eigenvalue weighted by atomic mass is 32.2. The summed E-state index contributed by atoms with van der Waals surface area (Å²) < 4.78 is 26.4. The Balaban J connectivity index is 1.60. The lowest BCUT2D eigenvalue weighted by atomic mass is 9.76. The van der Waals surface area contributed by atoms with Gasteiger partial charge in [-0.05, 0) is 57.0 Å². The van der Waals surface area contributed by atoms with E-state index in [0.717, 1.165) is 6.42 Å². The van der Waals surface area contributed by atoms with Crippen molar-refractivity contribution in [3.8, 4) is 0 Å². The first-order valence-corrected chi connectivity index (χ1v) is 12.6. The smallest absolute Gasteiger partial charge is 0.407 e. The third-order valence-electron chi connectivity index (χ3n) is 5.92. The topological polar surface area (TPSA) is 89.0 Å². The maximum Gasteiger partial charge on any atom is 0.407 e. The average molecular weight is 500 g/mol. The van der Waals surface area contributed by atoms with Crippen LogP contribution in [-0.4, -0.2) is 41.7 Å². The van der Waals surface area contributed by atoms with Gasteiger partial charge < -0.3 is 20.1 Å². The monoisotopic (exact) mass is 499 g/mol. The fourth-order valence-corrected chi connectivity index (χ4v) is 5.42. The van der Waals surface area contributed by atoms with Crippen molar-refractivity contribution in [1.29, 1.82) is 0 Å². The molecule has 2 heterocycles. The Morgan fingerprint density at radius 2 is 2.00 bits per heavy atom. The van der Waals surface area contributed by atoms with E-state index in [2.05, 4.69) is 10.6 Å². The minimum atomic E-state index is -0.963. The molecule has 0 saturated carbocycles. The highest BCUT2D eigenvalue weighted by Crippen LogP contribution is 2.45. The number of hydrogen-bond acceptors (Lipinski definition) is 6. The normalized spacial score (nSPS) is 21.9. The first kappa shape index (κ1) is 25.2. The van der Waals surface area contributed by atoms with Crippen LogP contribution in [0.1, 0.15) is 48.7 Å². The Kier molecular flexibility index (Phi) is 7.47. The van der Waals surface area contributed by atoms with Crippen LogP contribution in [0.4, 0.5) is 9.18 Å². The number of nitrogens with one attached hydrogen (secondary N) is 2. The fourth-order valence-electron chi connectivity index (χ4n) is 4.23. The van der Waals surface area contributed by atoms with E-state index < -0.39 is 23.1 Å². The van der Waals surface area contributed by atoms with Crippen LogP contribution in [-0.2, 0) is 21.6 Å². The van der Waals surface area contributed by atoms with Crippen LogP contribution < -0.4 is 10.6 Å². The number of benzene rings is 2. The Hall–Kier alpha value is -2.91. The highest BCUT2D eigenvalue weighted by molar-refractivity contribution is 8.13. The van der Waals surface area contributed by atoms with E-state index in [4.69, 9.17) is 14.5 Å². The molecular formula is C26H30FN3O4S. The first-order chi connectivity index (χ1) is 16.7. The van der Waals surface area contributed by atoms with Crippen molar-refractivity contribution in [3.63, 3.8) is 0 Å². The molecule has 0 bridgehead atoms. The van der Waals surface area contributed by atoms with E-state index in [0.29, 0.717) is 34.2 Å². The van der Waals surface area contributed by atoms with Crippen molar-refractivity contribution in [2.45, 2.75) is 44.9 Å². The van der Waals surface area contributed by atoms with Crippen molar-refractivity contribution in [2.75, 3.05) is 19.0 Å². The zero-order chi connectivity index (χ0) is 25.1. The predicted octanol–water partition coefficient (Wildman–Crippen LogP) is 4.62. The number of carbonyl (C=O) groups excluding carboxylic acids is 2. The van der Waals surface area contributed by atoms with Gasteiger partial charge in [0.1, 0.15) is 17.0 Å². The second-order valence-corrected chi connectivity index (χ2v) is 10.7. The molecule has 4 rings (SSSR count). The zero-order valence-corrected chi connectivity index (χ0v) is 20.9. The van der Waals surface area contributed by atoms with Crippen molar-refractivity contribution in [1.82, 2.24) is 10.6 Å². The molecule has 2 aromatic rings. The molecule has 0 spiro atoms. The molecule has 2 unspecified atom stereocenters. The number of nitrogens with zero attached hydrogens (tertiary/aromatic N) is 1. The highest BCUT2D eigenvalue weighted by Gasteiger charge is 2.47. The van der Waals surface area contributed by atoms with E-state index in [1.54, 1.807) is 57.2 Å². The quantitative estimate of drug-likeness (QED) is 0.641. The summed E-state index contributed by atoms with van der Waals surface area (Å²) in [5, 5.41) is 6.04. The largest absolute Gasteiger partial charge is 0.444 e. The number of amidine groups is 1. The molecule has 186 valence electrons. The number of halogens is 1. The van der Waals surface area contributed by atoms with Crippen LogP contribution in [0.15, 0.2) is 53.5 Å². The summed E-state index contributed by atoms with van der Waals surface area (Å²) >= 11 is 1.46. The molecular weight excluding hydrogens is 469 g/mol. The summed E-state index contributed by atoms with van der Waals surface area (Å²) in [7, 11) is 0. The number of ether oxygens (including phenoxy) is 2. The van der Waals surface area contributed by atoms with Crippen LogP contribution in [0.3, 0.4) is 0 Å². The first-order valence-electron chi connectivity index (χ1n) is 11.6. The van der Waals surface area contributed by atoms with Crippen LogP contribution in [0.5, 0.6) is 0 Å². The van der Waals surface area contributed by atoms with Crippen molar-refractivity contribution >= 4 is 28.9 Å². The number of carbonyl (C=O) groups is 2. The maximum atomic E-state index is 15.3. The van der Waals surface area contributed by atoms with Gasteiger partial charge in [-0.2, -0.15) is 0 Å². The third-order valence-corrected chi connectivity index (χ3v) is 6.96. The lowest BCUT2D eigenvalue weighted by molar-refractivity contribution is 0.00285. The van der Waals surface area contributed by atoms with Gasteiger partial charge in [0.2, 0.25) is 0 Å². The average Bonchev–Trinajstić information content (AvgIpc) is 2.82. The maximum absolute atomic E-state index is 15.3. The van der Waals surface area contributed by atoms with E-state index in [1.165, 1.54) is 17.8 Å². The Labute approximate surface area is 208 Å². The molecule has 2 N–H and O–H groups in total. The van der Waals surface area contributed by atoms with Gasteiger partial charge in [-0.15, -0.1) is 0 Å². The number of amides is 2. The van der Waals surface area contributed by atoms with Crippen molar-refractivity contribution < 1.29 is 23.5 Å². The van der Waals surface area contributed by atoms with Gasteiger partial charge in [0.15, 0.2) is 5.17 Å². The van der Waals surface area contributed by atoms with Gasteiger partial charge in [-0.3, -0.25) is 4.79 Å². The number of alkyl carbamates (subject to hydrolysis) is 1. The van der Waals surface area contributed by atoms with E-state index in [-0.39, 0.29) is 25.0 Å². The second kappa shape index (κ2) is 10.4. The molecule has 2 atom stereocenters. The lowest BCUT2D eigenvalue weighted by Gasteiger charge is -2.44. The fraction of sp³-hybridized carbons (Fsp3) is 0.423. The van der Waals surface area contributed by atoms with Gasteiger partial charge >= 0.3 is 6.09 Å². The molecule has 9 heteroatoms. The minimum absolute atomic E-state index is 0.0437. The number of aliphatic imine (C=N–C) groups is 1. The van der Waals surface area contributed by atoms with Crippen LogP contribution in [0.25, 0.3) is 0 Å². The van der Waals surface area contributed by atoms with E-state index in [1.807, 2.05) is 6.07 Å². The van der Waals surface area contributed by atoms with Crippen LogP contribution in [0, 0.1) is 11.7 Å². The Morgan fingerprint density at radius 3 is 2.74 bits per heavy atom. The molecule has 7 nitrogen and oxygen atoms in total. The van der Waals surface area contributed by atoms with Gasteiger partial charge in [-0.1, -0.05) is 36.0 Å². The Bertz CT molecular complexity index is 1120. The minimum Gasteiger partial charge on any atom is -0.444 e. The lowest BCUT2D eigenvalue weighted by Crippen LogP contribution is -2.49. The third kappa shape index (κ3) is 6.02. The predicted molar refractivity (Wildman–Crippen MR) is 134 cm³/mol. The SMILES string of the molecule is CC(C)(C)OC(=O)NCc1ccc(F)c(C23COCCC2CSC(NC(=O)c2ccccc2)=N3)c1. The molecule has 2 aromatic carbocycles. The molecule has 2 aliphatic heterocycles. The molecule has 0 aliphatic carbocycles. The summed E-state index contributed by atoms with van der Waals surface area (Å²) in [4.78, 5) is 29.7. The molecule has 1 fully saturated rings. The molecule has 35 heavy (non-hydrogen) atoms. The number of fused-ring (bicyclic) bond motifs is 1. The summed E-state index contributed by atoms with van der Waals surface area (Å²) in [6.45, 7) is 6.34. The van der Waals surface area contributed by atoms with E-state index >= 15 is 4.39 Å². The summed E-state index contributed by atoms with van der Waals surface area (Å²) in [5.74, 6) is 0.0583. The number of hydrogen-bond donors (Lipinski definition) is 2. The van der Waals surface area contributed by atoms with Gasteiger partial charge in [-0.25, -0.2) is 14.2 Å². The van der Waals surface area contributed by atoms with Gasteiger partial charge in [0, 0.05) is 35.9 Å². The summed E-state index contributed by atoms with van der Waals surface area (Å²) in [5.41, 5.74) is 0.0630. The van der Waals surface area contributed by atoms with Crippen LogP contribution >= 0.6 is 11.8 Å². The van der Waals surface area contributed by atoms with Gasteiger partial charge in [0.25, 0.3) is 5.91 Å². The summed E-state index contributed by atoms with van der Waals surface area (Å²) in [6, 6.07) is 13.6. The van der Waals surface area contributed by atoms with Crippen molar-refractivity contribution in [2.24, 2.45) is 10.9 Å². The summed E-state index contributed by atoms with van der Waals surface area (Å²) in [6.07, 6.45) is 0.189. The Morgan fingerprint density at radius 1 is 1.23 bits per heavy atom. The standard InChI is InChI=1S/C26H30FN3O4S/c1-25(2,3)34-24(32)28-14-17-9-10-21(27)20(13-17)26-16-33-12-11-19(26)15-35-23(30-26)29-22(31)18-7-5-4-6-8-18/h4-10,13,19H,11-12,14-16H2,1-3H3,(H,28,32)(H,29,30,31). The second-order valence-electron chi connectivity index (χ2n) is 9.68. The molecule has 0 radical (unpaired) electrons. The number of thioether (sulfide) groups is 1. The van der Waals surface area contributed by atoms with Crippen molar-refractivity contribution in [3.05, 3.63) is 71.0 Å². The number of rotatable bonds is 4. The van der Waals surface area contributed by atoms with E-state index in [9.17, 15) is 9.59 Å². The van der Waals surface area contributed by atoms with Crippen LogP contribution in [0.2, 0.25) is 0 Å². The molecule has 0 aromatic heterocycles.